The van der Waals surface area contributed by atoms with E-state index < -0.39 is 32.4 Å². The molecule has 2 aromatic carbocycles. The number of methoxy groups -OCH3 is 1. The highest BCUT2D eigenvalue weighted by Crippen LogP contribution is 2.25. The summed E-state index contributed by atoms with van der Waals surface area (Å²) in [5.41, 5.74) is 2.08. The molecule has 0 atom stereocenters. The molecule has 0 unspecified atom stereocenters. The molecule has 28 heavy (non-hydrogen) atoms. The smallest absolute Gasteiger partial charge is 0.246 e. The number of ether oxygens (including phenoxy) is 1. The molecule has 0 bridgehead atoms. The minimum Gasteiger partial charge on any atom is -0.496 e. The van der Waals surface area contributed by atoms with Crippen LogP contribution in [0.3, 0.4) is 0 Å². The molecule has 0 radical (unpaired) electrons. The molecule has 0 aliphatic carbocycles. The summed E-state index contributed by atoms with van der Waals surface area (Å²) < 4.78 is 72.2. The summed E-state index contributed by atoms with van der Waals surface area (Å²) in [6, 6.07) is 7.22. The Kier molecular flexibility index (Phi) is 5.97. The summed E-state index contributed by atoms with van der Waals surface area (Å²) in [5.74, 6) is -4.14. The molecule has 3 rings (SSSR count). The van der Waals surface area contributed by atoms with E-state index in [2.05, 4.69) is 4.90 Å². The molecule has 0 aromatic heterocycles. The summed E-state index contributed by atoms with van der Waals surface area (Å²) >= 11 is 0. The van der Waals surface area contributed by atoms with Crippen LogP contribution in [0, 0.1) is 24.4 Å². The van der Waals surface area contributed by atoms with Gasteiger partial charge in [-0.15, -0.1) is 0 Å². The molecule has 9 heteroatoms. The Morgan fingerprint density at radius 1 is 1.00 bits per heavy atom. The van der Waals surface area contributed by atoms with E-state index in [1.54, 1.807) is 7.11 Å². The third-order valence-corrected chi connectivity index (χ3v) is 6.69. The lowest BCUT2D eigenvalue weighted by Crippen LogP contribution is -2.48. The first kappa shape index (κ1) is 20.6. The second kappa shape index (κ2) is 8.10. The Balaban J connectivity index is 1.72. The van der Waals surface area contributed by atoms with Crippen molar-refractivity contribution in [3.05, 3.63) is 58.9 Å². The fraction of sp³-hybridized carbons (Fsp3) is 0.368. The van der Waals surface area contributed by atoms with Gasteiger partial charge in [0.05, 0.1) is 7.11 Å². The van der Waals surface area contributed by atoms with Gasteiger partial charge in [-0.05, 0) is 25.1 Å². The Morgan fingerprint density at radius 2 is 1.68 bits per heavy atom. The maximum atomic E-state index is 14.0. The lowest BCUT2D eigenvalue weighted by molar-refractivity contribution is 0.179. The van der Waals surface area contributed by atoms with E-state index in [9.17, 15) is 21.6 Å². The number of sulfonamides is 1. The van der Waals surface area contributed by atoms with Crippen molar-refractivity contribution in [2.45, 2.75) is 18.4 Å². The molecule has 1 saturated heterocycles. The zero-order valence-corrected chi connectivity index (χ0v) is 16.4. The number of nitrogens with zero attached hydrogens (tertiary/aromatic N) is 2. The molecule has 1 fully saturated rings. The van der Waals surface area contributed by atoms with Crippen LogP contribution in [-0.2, 0) is 16.6 Å². The molecule has 152 valence electrons. The maximum Gasteiger partial charge on any atom is 0.246 e. The van der Waals surface area contributed by atoms with Crippen LogP contribution in [0.5, 0.6) is 5.75 Å². The SMILES string of the molecule is COc1ccc(C)cc1CN1CCN(S(=O)(=O)c2ccc(F)c(F)c2F)CC1. The zero-order valence-electron chi connectivity index (χ0n) is 15.6. The molecule has 1 aliphatic rings. The van der Waals surface area contributed by atoms with Gasteiger partial charge in [-0.25, -0.2) is 21.6 Å². The highest BCUT2D eigenvalue weighted by atomic mass is 32.2. The molecule has 0 amide bonds. The molecule has 1 heterocycles. The van der Waals surface area contributed by atoms with Gasteiger partial charge in [0.2, 0.25) is 10.0 Å². The van der Waals surface area contributed by atoms with E-state index >= 15 is 0 Å². The first-order chi connectivity index (χ1) is 13.2. The lowest BCUT2D eigenvalue weighted by atomic mass is 10.1. The highest BCUT2D eigenvalue weighted by molar-refractivity contribution is 7.89. The third-order valence-electron chi connectivity index (χ3n) is 4.78. The van der Waals surface area contributed by atoms with Crippen molar-refractivity contribution in [3.8, 4) is 5.75 Å². The van der Waals surface area contributed by atoms with Gasteiger partial charge < -0.3 is 4.74 Å². The largest absolute Gasteiger partial charge is 0.496 e. The number of halogens is 3. The van der Waals surface area contributed by atoms with Crippen molar-refractivity contribution in [2.75, 3.05) is 33.3 Å². The topological polar surface area (TPSA) is 49.9 Å². The minimum atomic E-state index is -4.25. The standard InChI is InChI=1S/C19H21F3N2O3S/c1-13-3-5-16(27-2)14(11-13)12-23-7-9-24(10-8-23)28(25,26)17-6-4-15(20)18(21)19(17)22/h3-6,11H,7-10,12H2,1-2H3. The van der Waals surface area contributed by atoms with Crippen molar-refractivity contribution in [3.63, 3.8) is 0 Å². The van der Waals surface area contributed by atoms with Crippen molar-refractivity contribution in [2.24, 2.45) is 0 Å². The number of benzene rings is 2. The molecular weight excluding hydrogens is 393 g/mol. The molecule has 5 nitrogen and oxygen atoms in total. The van der Waals surface area contributed by atoms with Crippen molar-refractivity contribution in [1.29, 1.82) is 0 Å². The van der Waals surface area contributed by atoms with Crippen LogP contribution in [0.1, 0.15) is 11.1 Å². The van der Waals surface area contributed by atoms with Crippen LogP contribution in [0.25, 0.3) is 0 Å². The Bertz CT molecular complexity index is 975. The summed E-state index contributed by atoms with van der Waals surface area (Å²) in [7, 11) is -2.66. The fourth-order valence-corrected chi connectivity index (χ4v) is 4.72. The maximum absolute atomic E-state index is 14.0. The molecule has 0 spiro atoms. The average Bonchev–Trinajstić information content (AvgIpc) is 2.66. The lowest BCUT2D eigenvalue weighted by Gasteiger charge is -2.34. The second-order valence-corrected chi connectivity index (χ2v) is 8.58. The number of hydrogen-bond acceptors (Lipinski definition) is 4. The van der Waals surface area contributed by atoms with Crippen molar-refractivity contribution in [1.82, 2.24) is 9.21 Å². The molecular formula is C19H21F3N2O3S. The number of piperazine rings is 1. The molecule has 0 saturated carbocycles. The summed E-state index contributed by atoms with van der Waals surface area (Å²) in [5, 5.41) is 0. The van der Waals surface area contributed by atoms with Crippen molar-refractivity contribution >= 4 is 10.0 Å². The van der Waals surface area contributed by atoms with Gasteiger partial charge in [0, 0.05) is 38.3 Å². The number of hydrogen-bond donors (Lipinski definition) is 0. The van der Waals surface area contributed by atoms with E-state index in [-0.39, 0.29) is 13.1 Å². The van der Waals surface area contributed by atoms with Gasteiger partial charge in [-0.1, -0.05) is 17.7 Å². The first-order valence-corrected chi connectivity index (χ1v) is 10.2. The van der Waals surface area contributed by atoms with Crippen LogP contribution < -0.4 is 4.74 Å². The second-order valence-electron chi connectivity index (χ2n) is 6.67. The van der Waals surface area contributed by atoms with E-state index in [1.807, 2.05) is 25.1 Å². The zero-order chi connectivity index (χ0) is 20.5. The fourth-order valence-electron chi connectivity index (χ4n) is 3.25. The number of rotatable bonds is 5. The van der Waals surface area contributed by atoms with E-state index in [4.69, 9.17) is 4.74 Å². The van der Waals surface area contributed by atoms with Gasteiger partial charge >= 0.3 is 0 Å². The van der Waals surface area contributed by atoms with Gasteiger partial charge in [-0.3, -0.25) is 4.90 Å². The quantitative estimate of drug-likeness (QED) is 0.706. The van der Waals surface area contributed by atoms with E-state index in [1.165, 1.54) is 0 Å². The first-order valence-electron chi connectivity index (χ1n) is 8.73. The van der Waals surface area contributed by atoms with E-state index in [0.717, 1.165) is 27.2 Å². The van der Waals surface area contributed by atoms with Gasteiger partial charge in [0.25, 0.3) is 0 Å². The highest BCUT2D eigenvalue weighted by Gasteiger charge is 2.32. The monoisotopic (exact) mass is 414 g/mol. The average molecular weight is 414 g/mol. The van der Waals surface area contributed by atoms with Gasteiger partial charge in [0.15, 0.2) is 17.5 Å². The van der Waals surface area contributed by atoms with Crippen LogP contribution >= 0.6 is 0 Å². The molecule has 1 aliphatic heterocycles. The van der Waals surface area contributed by atoms with Crippen LogP contribution in [0.4, 0.5) is 13.2 Å². The Labute approximate surface area is 162 Å². The third kappa shape index (κ3) is 4.01. The Morgan fingerprint density at radius 3 is 2.32 bits per heavy atom. The molecule has 0 N–H and O–H groups in total. The van der Waals surface area contributed by atoms with Gasteiger partial charge in [0.1, 0.15) is 10.6 Å². The predicted molar refractivity (Wildman–Crippen MR) is 98.1 cm³/mol. The van der Waals surface area contributed by atoms with Crippen LogP contribution in [-0.4, -0.2) is 50.9 Å². The van der Waals surface area contributed by atoms with Crippen molar-refractivity contribution < 1.29 is 26.3 Å². The minimum absolute atomic E-state index is 0.120. The molecule has 2 aromatic rings. The van der Waals surface area contributed by atoms with Crippen LogP contribution in [0.2, 0.25) is 0 Å². The summed E-state index contributed by atoms with van der Waals surface area (Å²) in [6.45, 7) is 3.63. The van der Waals surface area contributed by atoms with Crippen LogP contribution in [0.15, 0.2) is 35.2 Å². The summed E-state index contributed by atoms with van der Waals surface area (Å²) in [4.78, 5) is 1.21. The Hall–Kier alpha value is -2.10. The predicted octanol–water partition coefficient (Wildman–Crippen LogP) is 2.93. The number of aryl methyl sites for hydroxylation is 1. The van der Waals surface area contributed by atoms with E-state index in [0.29, 0.717) is 25.7 Å². The summed E-state index contributed by atoms with van der Waals surface area (Å²) in [6.07, 6.45) is 0. The van der Waals surface area contributed by atoms with Gasteiger partial charge in [-0.2, -0.15) is 4.31 Å². The normalized spacial score (nSPS) is 16.3.